The Hall–Kier alpha value is -1.29. The third kappa shape index (κ3) is 2.04. The van der Waals surface area contributed by atoms with Crippen LogP contribution in [0.3, 0.4) is 0 Å². The Kier molecular flexibility index (Phi) is 3.06. The van der Waals surface area contributed by atoms with E-state index in [9.17, 15) is 4.39 Å². The number of benzene rings is 1. The Labute approximate surface area is 87.4 Å². The first-order valence-electron chi connectivity index (χ1n) is 5.01. The van der Waals surface area contributed by atoms with Gasteiger partial charge in [-0.05, 0) is 18.1 Å². The van der Waals surface area contributed by atoms with Crippen molar-refractivity contribution in [3.05, 3.63) is 23.5 Å². The molecule has 0 fully saturated rings. The number of rotatable bonds is 2. The lowest BCUT2D eigenvalue weighted by Crippen LogP contribution is -2.00. The van der Waals surface area contributed by atoms with Crippen LogP contribution in [0.2, 0.25) is 0 Å². The maximum absolute atomic E-state index is 13.8. The van der Waals surface area contributed by atoms with Crippen LogP contribution >= 0.6 is 0 Å². The van der Waals surface area contributed by atoms with Gasteiger partial charge in [0.25, 0.3) is 0 Å². The van der Waals surface area contributed by atoms with Crippen LogP contribution in [-0.2, 0) is 6.42 Å². The Bertz CT molecular complexity index is 352. The summed E-state index contributed by atoms with van der Waals surface area (Å²) in [7, 11) is 0. The largest absolute Gasteiger partial charge is 0.489 e. The molecule has 15 heavy (non-hydrogen) atoms. The maximum Gasteiger partial charge on any atom is 0.197 e. The van der Waals surface area contributed by atoms with Crippen molar-refractivity contribution in [3.63, 3.8) is 0 Å². The van der Waals surface area contributed by atoms with E-state index in [-0.39, 0.29) is 12.4 Å². The summed E-state index contributed by atoms with van der Waals surface area (Å²) in [6, 6.07) is 3.31. The van der Waals surface area contributed by atoms with Crippen molar-refractivity contribution in [1.29, 1.82) is 0 Å². The molecule has 1 heterocycles. The molecule has 1 aliphatic heterocycles. The van der Waals surface area contributed by atoms with Gasteiger partial charge in [0, 0.05) is 13.0 Å². The molecule has 0 aromatic heterocycles. The molecule has 0 saturated heterocycles. The molecule has 0 bridgehead atoms. The van der Waals surface area contributed by atoms with Gasteiger partial charge in [-0.3, -0.25) is 0 Å². The molecule has 0 amide bonds. The van der Waals surface area contributed by atoms with Crippen LogP contribution < -0.4 is 9.47 Å². The van der Waals surface area contributed by atoms with Crippen molar-refractivity contribution in [1.82, 2.24) is 0 Å². The molecule has 4 heteroatoms. The minimum atomic E-state index is -0.413. The average Bonchev–Trinajstić information content (AvgIpc) is 2.48. The van der Waals surface area contributed by atoms with Crippen LogP contribution in [0.5, 0.6) is 11.5 Å². The molecule has 0 saturated carbocycles. The molecule has 82 valence electrons. The number of aliphatic hydroxyl groups is 1. The molecular formula is C11H13FO3. The van der Waals surface area contributed by atoms with E-state index in [2.05, 4.69) is 0 Å². The van der Waals surface area contributed by atoms with Crippen molar-refractivity contribution in [2.75, 3.05) is 19.8 Å². The Morgan fingerprint density at radius 3 is 2.87 bits per heavy atom. The SMILES string of the molecule is OCCc1ccc2c(c1F)OCCCO2. The van der Waals surface area contributed by atoms with Crippen LogP contribution in [0, 0.1) is 5.82 Å². The van der Waals surface area contributed by atoms with Crippen LogP contribution in [-0.4, -0.2) is 24.9 Å². The number of hydrogen-bond donors (Lipinski definition) is 1. The van der Waals surface area contributed by atoms with Crippen molar-refractivity contribution in [3.8, 4) is 11.5 Å². The highest BCUT2D eigenvalue weighted by atomic mass is 19.1. The van der Waals surface area contributed by atoms with Gasteiger partial charge in [0.1, 0.15) is 0 Å². The fraction of sp³-hybridized carbons (Fsp3) is 0.455. The number of hydrogen-bond acceptors (Lipinski definition) is 3. The molecule has 3 nitrogen and oxygen atoms in total. The van der Waals surface area contributed by atoms with Crippen LogP contribution in [0.1, 0.15) is 12.0 Å². The number of ether oxygens (including phenoxy) is 2. The summed E-state index contributed by atoms with van der Waals surface area (Å²) in [5, 5.41) is 8.77. The predicted octanol–water partition coefficient (Wildman–Crippen LogP) is 1.52. The normalized spacial score (nSPS) is 14.8. The molecule has 0 radical (unpaired) electrons. The minimum Gasteiger partial charge on any atom is -0.489 e. The first-order valence-corrected chi connectivity index (χ1v) is 5.01. The van der Waals surface area contributed by atoms with E-state index in [0.29, 0.717) is 30.9 Å². The smallest absolute Gasteiger partial charge is 0.197 e. The zero-order valence-corrected chi connectivity index (χ0v) is 8.33. The van der Waals surface area contributed by atoms with Gasteiger partial charge >= 0.3 is 0 Å². The zero-order valence-electron chi connectivity index (χ0n) is 8.33. The van der Waals surface area contributed by atoms with Crippen molar-refractivity contribution in [2.45, 2.75) is 12.8 Å². The lowest BCUT2D eigenvalue weighted by molar-refractivity contribution is 0.288. The second-order valence-electron chi connectivity index (χ2n) is 3.39. The maximum atomic E-state index is 13.8. The second-order valence-corrected chi connectivity index (χ2v) is 3.39. The van der Waals surface area contributed by atoms with Gasteiger partial charge in [-0.2, -0.15) is 0 Å². The highest BCUT2D eigenvalue weighted by Gasteiger charge is 2.17. The van der Waals surface area contributed by atoms with Crippen LogP contribution in [0.4, 0.5) is 4.39 Å². The number of fused-ring (bicyclic) bond motifs is 1. The average molecular weight is 212 g/mol. The van der Waals surface area contributed by atoms with Crippen molar-refractivity contribution in [2.24, 2.45) is 0 Å². The topological polar surface area (TPSA) is 38.7 Å². The van der Waals surface area contributed by atoms with Gasteiger partial charge in [0.15, 0.2) is 17.3 Å². The van der Waals surface area contributed by atoms with Gasteiger partial charge in [-0.1, -0.05) is 6.07 Å². The van der Waals surface area contributed by atoms with E-state index in [1.54, 1.807) is 12.1 Å². The molecule has 1 aromatic carbocycles. The highest BCUT2D eigenvalue weighted by Crippen LogP contribution is 2.34. The fourth-order valence-corrected chi connectivity index (χ4v) is 1.56. The summed E-state index contributed by atoms with van der Waals surface area (Å²) in [6.45, 7) is 0.939. The monoisotopic (exact) mass is 212 g/mol. The van der Waals surface area contributed by atoms with Gasteiger partial charge in [-0.15, -0.1) is 0 Å². The first kappa shape index (κ1) is 10.2. The minimum absolute atomic E-state index is 0.0729. The van der Waals surface area contributed by atoms with Crippen LogP contribution in [0.15, 0.2) is 12.1 Å². The Morgan fingerprint density at radius 2 is 2.07 bits per heavy atom. The summed E-state index contributed by atoms with van der Waals surface area (Å²) >= 11 is 0. The number of aliphatic hydroxyl groups excluding tert-OH is 1. The Balaban J connectivity index is 2.36. The first-order chi connectivity index (χ1) is 7.33. The quantitative estimate of drug-likeness (QED) is 0.807. The molecule has 1 N–H and O–H groups in total. The van der Waals surface area contributed by atoms with E-state index in [0.717, 1.165) is 6.42 Å². The van der Waals surface area contributed by atoms with Crippen molar-refractivity contribution < 1.29 is 19.0 Å². The standard InChI is InChI=1S/C11H13FO3/c12-10-8(4-5-13)2-3-9-11(10)15-7-1-6-14-9/h2-3,13H,1,4-7H2. The van der Waals surface area contributed by atoms with E-state index >= 15 is 0 Å². The van der Waals surface area contributed by atoms with Gasteiger partial charge in [0.2, 0.25) is 0 Å². The molecule has 0 atom stereocenters. The van der Waals surface area contributed by atoms with Gasteiger partial charge in [0.05, 0.1) is 13.2 Å². The predicted molar refractivity (Wildman–Crippen MR) is 52.8 cm³/mol. The lowest BCUT2D eigenvalue weighted by atomic mass is 10.1. The highest BCUT2D eigenvalue weighted by molar-refractivity contribution is 5.45. The zero-order chi connectivity index (χ0) is 10.7. The van der Waals surface area contributed by atoms with E-state index in [1.807, 2.05) is 0 Å². The van der Waals surface area contributed by atoms with E-state index < -0.39 is 5.82 Å². The summed E-state index contributed by atoms with van der Waals surface area (Å²) in [4.78, 5) is 0. The number of halogens is 1. The molecule has 1 aromatic rings. The van der Waals surface area contributed by atoms with E-state index in [1.165, 1.54) is 0 Å². The molecular weight excluding hydrogens is 199 g/mol. The summed E-state index contributed by atoms with van der Waals surface area (Å²) in [5.74, 6) is 0.216. The molecule has 2 rings (SSSR count). The lowest BCUT2D eigenvalue weighted by Gasteiger charge is -2.10. The molecule has 1 aliphatic rings. The molecule has 0 aliphatic carbocycles. The summed E-state index contributed by atoms with van der Waals surface area (Å²) < 4.78 is 24.4. The third-order valence-corrected chi connectivity index (χ3v) is 2.31. The van der Waals surface area contributed by atoms with Crippen LogP contribution in [0.25, 0.3) is 0 Å². The summed E-state index contributed by atoms with van der Waals surface area (Å²) in [6.07, 6.45) is 1.05. The molecule has 0 unspecified atom stereocenters. The van der Waals surface area contributed by atoms with Gasteiger partial charge < -0.3 is 14.6 Å². The van der Waals surface area contributed by atoms with Gasteiger partial charge in [-0.25, -0.2) is 4.39 Å². The fourth-order valence-electron chi connectivity index (χ4n) is 1.56. The third-order valence-electron chi connectivity index (χ3n) is 2.31. The van der Waals surface area contributed by atoms with Crippen molar-refractivity contribution >= 4 is 0 Å². The summed E-state index contributed by atoms with van der Waals surface area (Å²) in [5.41, 5.74) is 0.460. The molecule has 0 spiro atoms. The van der Waals surface area contributed by atoms with E-state index in [4.69, 9.17) is 14.6 Å². The second kappa shape index (κ2) is 4.49. The Morgan fingerprint density at radius 1 is 1.27 bits per heavy atom.